The number of aliphatic carboxylic acids is 1. The van der Waals surface area contributed by atoms with Crippen molar-refractivity contribution in [2.45, 2.75) is 51.0 Å². The third-order valence-corrected chi connectivity index (χ3v) is 6.35. The van der Waals surface area contributed by atoms with E-state index in [0.717, 1.165) is 30.8 Å². The zero-order valence-corrected chi connectivity index (χ0v) is 12.8. The Bertz CT molecular complexity index is 387. The van der Waals surface area contributed by atoms with Crippen molar-refractivity contribution in [3.05, 3.63) is 0 Å². The van der Waals surface area contributed by atoms with Gasteiger partial charge in [-0.3, -0.25) is 9.69 Å². The Kier molecular flexibility index (Phi) is 3.49. The van der Waals surface area contributed by atoms with E-state index in [1.165, 1.54) is 45.1 Å². The number of carbonyl (C=O) groups is 1. The van der Waals surface area contributed by atoms with E-state index in [1.54, 1.807) is 0 Å². The number of hydrogen-bond acceptors (Lipinski definition) is 3. The molecule has 5 rings (SSSR count). The molecule has 4 heteroatoms. The van der Waals surface area contributed by atoms with Crippen molar-refractivity contribution in [1.29, 1.82) is 0 Å². The van der Waals surface area contributed by atoms with Gasteiger partial charge in [-0.25, -0.2) is 0 Å². The van der Waals surface area contributed by atoms with Crippen LogP contribution in [0.15, 0.2) is 0 Å². The molecular weight excluding hydrogens is 266 g/mol. The molecule has 1 N–H and O–H groups in total. The molecule has 21 heavy (non-hydrogen) atoms. The molecule has 118 valence electrons. The first-order valence-electron chi connectivity index (χ1n) is 8.66. The van der Waals surface area contributed by atoms with Gasteiger partial charge in [0.15, 0.2) is 0 Å². The first-order valence-corrected chi connectivity index (χ1v) is 8.66. The van der Waals surface area contributed by atoms with Crippen LogP contribution in [0, 0.1) is 23.2 Å². The molecule has 1 unspecified atom stereocenters. The summed E-state index contributed by atoms with van der Waals surface area (Å²) in [7, 11) is 0. The van der Waals surface area contributed by atoms with Gasteiger partial charge in [-0.05, 0) is 61.7 Å². The Morgan fingerprint density at radius 2 is 1.76 bits per heavy atom. The molecule has 1 saturated heterocycles. The summed E-state index contributed by atoms with van der Waals surface area (Å²) in [6.45, 7) is 3.69. The fourth-order valence-electron chi connectivity index (χ4n) is 6.20. The van der Waals surface area contributed by atoms with Gasteiger partial charge in [-0.15, -0.1) is 0 Å². The largest absolute Gasteiger partial charge is 0.481 e. The van der Waals surface area contributed by atoms with Crippen molar-refractivity contribution < 1.29 is 14.6 Å². The second-order valence-electron chi connectivity index (χ2n) is 8.24. The van der Waals surface area contributed by atoms with E-state index in [9.17, 15) is 4.79 Å². The normalized spacial score (nSPS) is 45.9. The minimum Gasteiger partial charge on any atom is -0.481 e. The Balaban J connectivity index is 1.40. The lowest BCUT2D eigenvalue weighted by atomic mass is 9.49. The smallest absolute Gasteiger partial charge is 0.306 e. The lowest BCUT2D eigenvalue weighted by Gasteiger charge is -2.58. The topological polar surface area (TPSA) is 49.8 Å². The molecular formula is C17H27NO3. The van der Waals surface area contributed by atoms with Gasteiger partial charge in [-0.1, -0.05) is 0 Å². The van der Waals surface area contributed by atoms with Crippen LogP contribution in [0.1, 0.15) is 44.9 Å². The molecule has 5 fully saturated rings. The van der Waals surface area contributed by atoms with E-state index >= 15 is 0 Å². The Morgan fingerprint density at radius 3 is 2.33 bits per heavy atom. The highest BCUT2D eigenvalue weighted by molar-refractivity contribution is 5.67. The maximum absolute atomic E-state index is 10.9. The van der Waals surface area contributed by atoms with Crippen molar-refractivity contribution in [2.75, 3.05) is 26.2 Å². The van der Waals surface area contributed by atoms with E-state index < -0.39 is 5.97 Å². The lowest BCUT2D eigenvalue weighted by molar-refractivity contribution is -0.143. The molecule has 0 aromatic rings. The maximum Gasteiger partial charge on any atom is 0.306 e. The zero-order valence-electron chi connectivity index (χ0n) is 12.8. The van der Waals surface area contributed by atoms with Gasteiger partial charge in [0.2, 0.25) is 0 Å². The number of morpholine rings is 1. The predicted molar refractivity (Wildman–Crippen MR) is 79.0 cm³/mol. The molecule has 0 spiro atoms. The van der Waals surface area contributed by atoms with Gasteiger partial charge >= 0.3 is 5.97 Å². The highest BCUT2D eigenvalue weighted by atomic mass is 16.5. The number of nitrogens with zero attached hydrogens (tertiary/aromatic N) is 1. The molecule has 1 atom stereocenters. The summed E-state index contributed by atoms with van der Waals surface area (Å²) in [6, 6.07) is 0. The second kappa shape index (κ2) is 5.24. The first kappa shape index (κ1) is 14.0. The van der Waals surface area contributed by atoms with E-state index in [4.69, 9.17) is 9.84 Å². The average molecular weight is 293 g/mol. The van der Waals surface area contributed by atoms with E-state index in [0.29, 0.717) is 12.0 Å². The maximum atomic E-state index is 10.9. The van der Waals surface area contributed by atoms with Crippen LogP contribution in [0.2, 0.25) is 0 Å². The molecule has 4 nitrogen and oxygen atoms in total. The first-order chi connectivity index (χ1) is 10.1. The van der Waals surface area contributed by atoms with Gasteiger partial charge in [0, 0.05) is 19.6 Å². The van der Waals surface area contributed by atoms with Crippen LogP contribution in [0.25, 0.3) is 0 Å². The number of rotatable bonds is 4. The number of hydrogen-bond donors (Lipinski definition) is 1. The molecule has 1 heterocycles. The third-order valence-electron chi connectivity index (χ3n) is 6.35. The summed E-state index contributed by atoms with van der Waals surface area (Å²) in [5.74, 6) is 2.24. The highest BCUT2D eigenvalue weighted by Gasteiger charge is 2.51. The number of ether oxygens (including phenoxy) is 1. The van der Waals surface area contributed by atoms with Crippen LogP contribution in [-0.2, 0) is 9.53 Å². The SMILES string of the molecule is O=C(O)CC1CN(CC23CC4CC(CC(C4)C2)C3)CCO1. The average Bonchev–Trinajstić information content (AvgIpc) is 2.35. The summed E-state index contributed by atoms with van der Waals surface area (Å²) in [6.07, 6.45) is 8.81. The van der Waals surface area contributed by atoms with Crippen molar-refractivity contribution >= 4 is 5.97 Å². The minimum atomic E-state index is -0.739. The van der Waals surface area contributed by atoms with Gasteiger partial charge in [0.25, 0.3) is 0 Å². The van der Waals surface area contributed by atoms with Crippen LogP contribution in [0.4, 0.5) is 0 Å². The van der Waals surface area contributed by atoms with Crippen LogP contribution in [0.5, 0.6) is 0 Å². The number of carboxylic acid groups (broad SMARTS) is 1. The molecule has 4 aliphatic carbocycles. The molecule has 0 radical (unpaired) electrons. The molecule has 4 bridgehead atoms. The summed E-state index contributed by atoms with van der Waals surface area (Å²) >= 11 is 0. The van der Waals surface area contributed by atoms with E-state index in [-0.39, 0.29) is 12.5 Å². The van der Waals surface area contributed by atoms with Gasteiger partial charge in [0.05, 0.1) is 19.1 Å². The fourth-order valence-corrected chi connectivity index (χ4v) is 6.20. The van der Waals surface area contributed by atoms with Crippen LogP contribution >= 0.6 is 0 Å². The Labute approximate surface area is 126 Å². The quantitative estimate of drug-likeness (QED) is 0.864. The Morgan fingerprint density at radius 1 is 1.14 bits per heavy atom. The van der Waals surface area contributed by atoms with Crippen molar-refractivity contribution in [3.8, 4) is 0 Å². The monoisotopic (exact) mass is 293 g/mol. The van der Waals surface area contributed by atoms with Crippen molar-refractivity contribution in [3.63, 3.8) is 0 Å². The standard InChI is InChI=1S/C17H27NO3/c19-16(20)6-15-10-18(1-2-21-15)11-17-7-12-3-13(8-17)5-14(4-12)9-17/h12-15H,1-11H2,(H,19,20). The second-order valence-corrected chi connectivity index (χ2v) is 8.24. The number of carboxylic acids is 1. The van der Waals surface area contributed by atoms with Crippen LogP contribution < -0.4 is 0 Å². The Hall–Kier alpha value is -0.610. The molecule has 0 aromatic heterocycles. The van der Waals surface area contributed by atoms with Crippen LogP contribution in [0.3, 0.4) is 0 Å². The minimum absolute atomic E-state index is 0.106. The highest BCUT2D eigenvalue weighted by Crippen LogP contribution is 2.60. The molecule has 0 aromatic carbocycles. The molecule has 4 saturated carbocycles. The van der Waals surface area contributed by atoms with Gasteiger partial charge in [0.1, 0.15) is 0 Å². The summed E-state index contributed by atoms with van der Waals surface area (Å²) in [5.41, 5.74) is 0.555. The van der Waals surface area contributed by atoms with E-state index in [1.807, 2.05) is 0 Å². The summed E-state index contributed by atoms with van der Waals surface area (Å²) < 4.78 is 5.62. The predicted octanol–water partition coefficient (Wildman–Crippen LogP) is 2.38. The summed E-state index contributed by atoms with van der Waals surface area (Å²) in [4.78, 5) is 13.4. The fraction of sp³-hybridized carbons (Fsp3) is 0.941. The van der Waals surface area contributed by atoms with Crippen molar-refractivity contribution in [2.24, 2.45) is 23.2 Å². The van der Waals surface area contributed by atoms with E-state index in [2.05, 4.69) is 4.90 Å². The lowest BCUT2D eigenvalue weighted by Crippen LogP contribution is -2.54. The third kappa shape index (κ3) is 2.85. The molecule has 5 aliphatic rings. The van der Waals surface area contributed by atoms with Gasteiger partial charge < -0.3 is 9.84 Å². The molecule has 0 amide bonds. The van der Waals surface area contributed by atoms with Gasteiger partial charge in [-0.2, -0.15) is 0 Å². The zero-order chi connectivity index (χ0) is 14.4. The molecule has 1 aliphatic heterocycles. The summed E-state index contributed by atoms with van der Waals surface area (Å²) in [5, 5.41) is 8.96. The van der Waals surface area contributed by atoms with Crippen LogP contribution in [-0.4, -0.2) is 48.3 Å². The van der Waals surface area contributed by atoms with Crippen molar-refractivity contribution in [1.82, 2.24) is 4.90 Å².